The molecule has 0 fully saturated rings. The minimum Gasteiger partial charge on any atom is -0.326 e. The van der Waals surface area contributed by atoms with Crippen LogP contribution in [0.4, 0.5) is 0 Å². The molecule has 0 aliphatic carbocycles. The summed E-state index contributed by atoms with van der Waals surface area (Å²) in [7, 11) is -3.55. The fraction of sp³-hybridized carbons (Fsp3) is 0.125. The van der Waals surface area contributed by atoms with E-state index in [4.69, 9.17) is 17.3 Å². The van der Waals surface area contributed by atoms with Crippen molar-refractivity contribution in [3.8, 4) is 0 Å². The van der Waals surface area contributed by atoms with E-state index in [2.05, 4.69) is 9.97 Å². The number of benzene rings is 1. The molecule has 6 nitrogen and oxygen atoms in total. The van der Waals surface area contributed by atoms with Crippen molar-refractivity contribution < 1.29 is 8.42 Å². The molecule has 2 aromatic heterocycles. The maximum Gasteiger partial charge on any atom is 0.242 e. The summed E-state index contributed by atoms with van der Waals surface area (Å²) in [5.41, 5.74) is 8.37. The van der Waals surface area contributed by atoms with E-state index in [1.807, 2.05) is 24.3 Å². The van der Waals surface area contributed by atoms with Crippen molar-refractivity contribution in [1.82, 2.24) is 13.9 Å². The zero-order chi connectivity index (χ0) is 17.2. The standard InChI is InChI=1S/C16H15ClN4O2S/c17-16-19-11-15-14(20-16)7-8-21(15)24(22,23)9-1-2-12-3-5-13(10-18)6-4-12/h1-8,11H,9-10,18H2. The van der Waals surface area contributed by atoms with Gasteiger partial charge in [-0.15, -0.1) is 0 Å². The van der Waals surface area contributed by atoms with Crippen LogP contribution < -0.4 is 5.73 Å². The van der Waals surface area contributed by atoms with Gasteiger partial charge in [-0.1, -0.05) is 36.4 Å². The molecule has 0 amide bonds. The van der Waals surface area contributed by atoms with Crippen LogP contribution in [0.15, 0.2) is 48.8 Å². The lowest BCUT2D eigenvalue weighted by atomic mass is 10.1. The monoisotopic (exact) mass is 362 g/mol. The molecule has 0 radical (unpaired) electrons. The summed E-state index contributed by atoms with van der Waals surface area (Å²) in [5.74, 6) is -0.141. The van der Waals surface area contributed by atoms with Crippen LogP contribution in [0, 0.1) is 0 Å². The molecule has 0 saturated carbocycles. The van der Waals surface area contributed by atoms with Crippen LogP contribution in [0.3, 0.4) is 0 Å². The molecule has 0 aliphatic rings. The Morgan fingerprint density at radius 2 is 1.96 bits per heavy atom. The van der Waals surface area contributed by atoms with Gasteiger partial charge in [0.15, 0.2) is 0 Å². The Labute approximate surface area is 144 Å². The topological polar surface area (TPSA) is 90.9 Å². The molecule has 24 heavy (non-hydrogen) atoms. The zero-order valence-corrected chi connectivity index (χ0v) is 14.2. The second-order valence-electron chi connectivity index (χ2n) is 5.15. The molecule has 0 bridgehead atoms. The Bertz CT molecular complexity index is 995. The highest BCUT2D eigenvalue weighted by molar-refractivity contribution is 7.90. The second kappa shape index (κ2) is 6.72. The fourth-order valence-corrected chi connectivity index (χ4v) is 3.60. The smallest absolute Gasteiger partial charge is 0.242 e. The highest BCUT2D eigenvalue weighted by atomic mass is 35.5. The Kier molecular flexibility index (Phi) is 4.66. The van der Waals surface area contributed by atoms with Crippen LogP contribution in [0.2, 0.25) is 5.28 Å². The van der Waals surface area contributed by atoms with Gasteiger partial charge in [0.1, 0.15) is 5.52 Å². The summed E-state index contributed by atoms with van der Waals surface area (Å²) in [6, 6.07) is 9.21. The van der Waals surface area contributed by atoms with E-state index in [0.717, 1.165) is 11.1 Å². The third-order valence-corrected chi connectivity index (χ3v) is 5.22. The van der Waals surface area contributed by atoms with E-state index in [1.54, 1.807) is 18.2 Å². The molecule has 0 saturated heterocycles. The average Bonchev–Trinajstić information content (AvgIpc) is 2.99. The van der Waals surface area contributed by atoms with Gasteiger partial charge in [-0.3, -0.25) is 0 Å². The van der Waals surface area contributed by atoms with Crippen molar-refractivity contribution in [3.63, 3.8) is 0 Å². The lowest BCUT2D eigenvalue weighted by Gasteiger charge is -2.04. The summed E-state index contributed by atoms with van der Waals surface area (Å²) in [6.07, 6.45) is 6.22. The third-order valence-electron chi connectivity index (χ3n) is 3.51. The van der Waals surface area contributed by atoms with Crippen LogP contribution >= 0.6 is 11.6 Å². The lowest BCUT2D eigenvalue weighted by molar-refractivity contribution is 0.592. The van der Waals surface area contributed by atoms with Gasteiger partial charge < -0.3 is 5.73 Å². The van der Waals surface area contributed by atoms with Crippen LogP contribution in [-0.2, 0) is 16.6 Å². The van der Waals surface area contributed by atoms with E-state index in [0.29, 0.717) is 17.6 Å². The summed E-state index contributed by atoms with van der Waals surface area (Å²) in [4.78, 5) is 7.83. The number of nitrogens with two attached hydrogens (primary N) is 1. The first-order valence-corrected chi connectivity index (χ1v) is 9.17. The van der Waals surface area contributed by atoms with Crippen molar-refractivity contribution >= 4 is 38.7 Å². The molecule has 0 aliphatic heterocycles. The fourth-order valence-electron chi connectivity index (χ4n) is 2.27. The van der Waals surface area contributed by atoms with Crippen LogP contribution in [0.1, 0.15) is 11.1 Å². The first-order chi connectivity index (χ1) is 11.5. The molecule has 124 valence electrons. The predicted molar refractivity (Wildman–Crippen MR) is 95.1 cm³/mol. The summed E-state index contributed by atoms with van der Waals surface area (Å²) < 4.78 is 26.1. The highest BCUT2D eigenvalue weighted by Crippen LogP contribution is 2.17. The lowest BCUT2D eigenvalue weighted by Crippen LogP contribution is -2.14. The number of rotatable bonds is 5. The highest BCUT2D eigenvalue weighted by Gasteiger charge is 2.15. The number of halogens is 1. The van der Waals surface area contributed by atoms with Gasteiger partial charge >= 0.3 is 0 Å². The predicted octanol–water partition coefficient (Wildman–Crippen LogP) is 2.43. The summed E-state index contributed by atoms with van der Waals surface area (Å²) in [5, 5.41) is 0.0819. The van der Waals surface area contributed by atoms with E-state index in [-0.39, 0.29) is 11.0 Å². The van der Waals surface area contributed by atoms with E-state index in [1.165, 1.54) is 16.4 Å². The summed E-state index contributed by atoms with van der Waals surface area (Å²) in [6.45, 7) is 0.477. The van der Waals surface area contributed by atoms with E-state index in [9.17, 15) is 8.42 Å². The molecule has 3 aromatic rings. The third kappa shape index (κ3) is 3.48. The molecule has 2 heterocycles. The maximum absolute atomic E-state index is 12.5. The number of fused-ring (bicyclic) bond motifs is 1. The Hall–Kier alpha value is -2.22. The minimum atomic E-state index is -3.55. The SMILES string of the molecule is NCc1ccc(C=CCS(=O)(=O)n2ccc3nc(Cl)ncc32)cc1. The zero-order valence-electron chi connectivity index (χ0n) is 12.6. The van der Waals surface area contributed by atoms with Crippen LogP contribution in [0.5, 0.6) is 0 Å². The summed E-state index contributed by atoms with van der Waals surface area (Å²) >= 11 is 5.72. The molecule has 0 spiro atoms. The molecule has 2 N–H and O–H groups in total. The molecular formula is C16H15ClN4O2S. The molecule has 0 atom stereocenters. The van der Waals surface area contributed by atoms with Gasteiger partial charge in [-0.25, -0.2) is 22.4 Å². The maximum atomic E-state index is 12.5. The number of hydrogen-bond donors (Lipinski definition) is 1. The second-order valence-corrected chi connectivity index (χ2v) is 7.38. The largest absolute Gasteiger partial charge is 0.326 e. The first kappa shape index (κ1) is 16.6. The van der Waals surface area contributed by atoms with Crippen molar-refractivity contribution in [1.29, 1.82) is 0 Å². The molecule has 3 rings (SSSR count). The normalized spacial score (nSPS) is 12.2. The number of aromatic nitrogens is 3. The molecule has 1 aromatic carbocycles. The first-order valence-electron chi connectivity index (χ1n) is 7.18. The van der Waals surface area contributed by atoms with Crippen molar-refractivity contribution in [2.45, 2.75) is 6.54 Å². The van der Waals surface area contributed by atoms with Crippen LogP contribution in [-0.4, -0.2) is 28.1 Å². The van der Waals surface area contributed by atoms with Gasteiger partial charge in [0.25, 0.3) is 0 Å². The van der Waals surface area contributed by atoms with Gasteiger partial charge in [-0.2, -0.15) is 0 Å². The van der Waals surface area contributed by atoms with Gasteiger partial charge in [-0.05, 0) is 28.8 Å². The van der Waals surface area contributed by atoms with Crippen molar-refractivity contribution in [3.05, 3.63) is 65.2 Å². The van der Waals surface area contributed by atoms with E-state index >= 15 is 0 Å². The average molecular weight is 363 g/mol. The van der Waals surface area contributed by atoms with Gasteiger partial charge in [0, 0.05) is 12.7 Å². The van der Waals surface area contributed by atoms with Crippen molar-refractivity contribution in [2.24, 2.45) is 5.73 Å². The Balaban J connectivity index is 1.81. The van der Waals surface area contributed by atoms with Gasteiger partial charge in [0.2, 0.25) is 15.3 Å². The molecular weight excluding hydrogens is 348 g/mol. The molecule has 8 heteroatoms. The van der Waals surface area contributed by atoms with Crippen LogP contribution in [0.25, 0.3) is 17.1 Å². The minimum absolute atomic E-state index is 0.0819. The number of nitrogens with zero attached hydrogens (tertiary/aromatic N) is 3. The Morgan fingerprint density at radius 3 is 2.67 bits per heavy atom. The van der Waals surface area contributed by atoms with Crippen molar-refractivity contribution in [2.75, 3.05) is 5.75 Å². The number of hydrogen-bond acceptors (Lipinski definition) is 5. The van der Waals surface area contributed by atoms with Gasteiger partial charge in [0.05, 0.1) is 17.5 Å². The Morgan fingerprint density at radius 1 is 1.21 bits per heavy atom. The van der Waals surface area contributed by atoms with E-state index < -0.39 is 10.0 Å². The molecule has 0 unspecified atom stereocenters. The quantitative estimate of drug-likeness (QED) is 0.704.